The van der Waals surface area contributed by atoms with Crippen LogP contribution in [0.15, 0.2) is 0 Å². The molecular formula is NO3Yb+. The van der Waals surface area contributed by atoms with E-state index in [1.807, 2.05) is 0 Å². The molecule has 0 spiro atoms. The van der Waals surface area contributed by atoms with Crippen LogP contribution in [0.5, 0.6) is 0 Å². The van der Waals surface area contributed by atoms with Gasteiger partial charge in [0.2, 0.25) is 0 Å². The average molecular weight is 235 g/mol. The summed E-state index contributed by atoms with van der Waals surface area (Å²) in [5.74, 6) is 0. The second-order valence-electron chi connectivity index (χ2n) is 0.224. The van der Waals surface area contributed by atoms with Gasteiger partial charge < -0.3 is 15.3 Å². The zero-order chi connectivity index (χ0) is 3.58. The summed E-state index contributed by atoms with van der Waals surface area (Å²) >= 11 is 0. The first-order chi connectivity index (χ1) is 1.73. The van der Waals surface area contributed by atoms with Crippen molar-refractivity contribution in [2.75, 3.05) is 0 Å². The molecule has 36 valence electrons. The molecule has 5 heavy (non-hydrogen) atoms. The minimum absolute atomic E-state index is 0. The Balaban J connectivity index is 0. The number of hydrogen-bond acceptors (Lipinski definition) is 3. The summed E-state index contributed by atoms with van der Waals surface area (Å²) in [6, 6.07) is 0. The Bertz CT molecular complexity index is 29.9. The summed E-state index contributed by atoms with van der Waals surface area (Å²) in [4.78, 5) is 8.25. The quantitative estimate of drug-likeness (QED) is 0.430. The van der Waals surface area contributed by atoms with Gasteiger partial charge in [0.1, 0.15) is 0 Å². The minimum Gasteiger partial charge on any atom is -0.356 e. The maximum Gasteiger partial charge on any atom is 2.00 e. The summed E-state index contributed by atoms with van der Waals surface area (Å²) in [5.41, 5.74) is 0. The molecule has 0 heterocycles. The molecule has 0 aromatic carbocycles. The third-order valence-electron chi connectivity index (χ3n) is 0. The van der Waals surface area contributed by atoms with E-state index >= 15 is 0 Å². The summed E-state index contributed by atoms with van der Waals surface area (Å²) < 4.78 is 0. The van der Waals surface area contributed by atoms with Crippen LogP contribution < -0.4 is 0 Å². The molecule has 0 atom stereocenters. The Labute approximate surface area is 66.5 Å². The summed E-state index contributed by atoms with van der Waals surface area (Å²) in [6.07, 6.45) is 0. The third-order valence-corrected chi connectivity index (χ3v) is 0. The van der Waals surface area contributed by atoms with Crippen LogP contribution in [0.4, 0.5) is 0 Å². The molecule has 0 amide bonds. The van der Waals surface area contributed by atoms with Gasteiger partial charge in [-0.25, -0.2) is 0 Å². The van der Waals surface area contributed by atoms with Crippen molar-refractivity contribution in [3.8, 4) is 0 Å². The van der Waals surface area contributed by atoms with Crippen molar-refractivity contribution in [3.05, 3.63) is 15.3 Å². The monoisotopic (exact) mass is 236 g/mol. The van der Waals surface area contributed by atoms with Crippen molar-refractivity contribution in [2.24, 2.45) is 0 Å². The van der Waals surface area contributed by atoms with Crippen molar-refractivity contribution in [1.82, 2.24) is 0 Å². The number of nitrogens with zero attached hydrogens (tertiary/aromatic N) is 1. The standard InChI is InChI=1S/NO3.Yb/c2-1(3)4;/q-1;+2. The Morgan fingerprint density at radius 2 is 1.40 bits per heavy atom. The van der Waals surface area contributed by atoms with Gasteiger partial charge >= 0.3 is 46.9 Å². The van der Waals surface area contributed by atoms with Gasteiger partial charge in [0.15, 0.2) is 0 Å². The van der Waals surface area contributed by atoms with E-state index in [1.165, 1.54) is 0 Å². The molecule has 4 nitrogen and oxygen atoms in total. The minimum atomic E-state index is -1.75. The molecule has 0 saturated carbocycles. The van der Waals surface area contributed by atoms with Gasteiger partial charge in [-0.15, -0.1) is 0 Å². The Morgan fingerprint density at radius 3 is 1.40 bits per heavy atom. The average Bonchev–Trinajstić information content (AvgIpc) is 0.811. The van der Waals surface area contributed by atoms with Gasteiger partial charge in [-0.3, -0.25) is 0 Å². The van der Waals surface area contributed by atoms with E-state index in [-0.39, 0.29) is 46.9 Å². The van der Waals surface area contributed by atoms with Crippen LogP contribution in [-0.4, -0.2) is 5.09 Å². The maximum atomic E-state index is 8.25. The largest absolute Gasteiger partial charge is 2.00 e. The molecule has 0 aromatic rings. The van der Waals surface area contributed by atoms with Crippen molar-refractivity contribution in [3.63, 3.8) is 0 Å². The van der Waals surface area contributed by atoms with Gasteiger partial charge in [-0.1, -0.05) is 0 Å². The first-order valence-electron chi connectivity index (χ1n) is 0.548. The van der Waals surface area contributed by atoms with Crippen LogP contribution in [0, 0.1) is 62.2 Å². The SMILES string of the molecule is O=[N+]([O-])[O-].[Yb+2]. The topological polar surface area (TPSA) is 66.2 Å². The molecule has 0 aliphatic carbocycles. The maximum absolute atomic E-state index is 8.25. The van der Waals surface area contributed by atoms with E-state index in [4.69, 9.17) is 15.3 Å². The van der Waals surface area contributed by atoms with Crippen LogP contribution in [0.1, 0.15) is 0 Å². The Kier molecular flexibility index (Phi) is 8.69. The predicted molar refractivity (Wildman–Crippen MR) is 10.4 cm³/mol. The molecule has 0 rings (SSSR count). The van der Waals surface area contributed by atoms with Crippen LogP contribution in [0.2, 0.25) is 0 Å². The fourth-order valence-corrected chi connectivity index (χ4v) is 0. The molecule has 0 N–H and O–H groups in total. The van der Waals surface area contributed by atoms with Crippen molar-refractivity contribution in [2.45, 2.75) is 0 Å². The number of hydrogen-bond donors (Lipinski definition) is 0. The molecular weight excluding hydrogens is 235 g/mol. The molecule has 0 aromatic heterocycles. The van der Waals surface area contributed by atoms with Crippen molar-refractivity contribution >= 4 is 0 Å². The van der Waals surface area contributed by atoms with Crippen LogP contribution in [0.25, 0.3) is 0 Å². The molecule has 0 radical (unpaired) electrons. The van der Waals surface area contributed by atoms with E-state index in [1.54, 1.807) is 0 Å². The molecule has 0 unspecified atom stereocenters. The van der Waals surface area contributed by atoms with E-state index in [0.29, 0.717) is 0 Å². The number of rotatable bonds is 0. The summed E-state index contributed by atoms with van der Waals surface area (Å²) in [7, 11) is 0. The normalized spacial score (nSPS) is 4.80. The van der Waals surface area contributed by atoms with Crippen LogP contribution in [-0.2, 0) is 0 Å². The smallest absolute Gasteiger partial charge is 0.356 e. The Morgan fingerprint density at radius 1 is 1.40 bits per heavy atom. The third kappa shape index (κ3) is 67.4. The zero-order valence-corrected chi connectivity index (χ0v) is 3.65. The van der Waals surface area contributed by atoms with E-state index in [0.717, 1.165) is 0 Å². The second-order valence-corrected chi connectivity index (χ2v) is 0.224. The van der Waals surface area contributed by atoms with Crippen LogP contribution in [0.3, 0.4) is 0 Å². The molecule has 0 fully saturated rings. The molecule has 0 bridgehead atoms. The van der Waals surface area contributed by atoms with Gasteiger partial charge in [0.05, 0.1) is 5.09 Å². The predicted octanol–water partition coefficient (Wildman–Crippen LogP) is -0.239. The zero-order valence-electron chi connectivity index (χ0n) is 1.94. The van der Waals surface area contributed by atoms with E-state index < -0.39 is 5.09 Å². The molecule has 5 heteroatoms. The fraction of sp³-hybridized carbons (Fsp3) is 0. The van der Waals surface area contributed by atoms with E-state index in [2.05, 4.69) is 0 Å². The Hall–Kier alpha value is 0.719. The van der Waals surface area contributed by atoms with Gasteiger partial charge in [-0.05, 0) is 0 Å². The van der Waals surface area contributed by atoms with E-state index in [9.17, 15) is 0 Å². The van der Waals surface area contributed by atoms with Crippen molar-refractivity contribution in [1.29, 1.82) is 0 Å². The van der Waals surface area contributed by atoms with Gasteiger partial charge in [0, 0.05) is 0 Å². The summed E-state index contributed by atoms with van der Waals surface area (Å²) in [6.45, 7) is 0. The fourth-order valence-electron chi connectivity index (χ4n) is 0. The van der Waals surface area contributed by atoms with Gasteiger partial charge in [-0.2, -0.15) is 0 Å². The summed E-state index contributed by atoms with van der Waals surface area (Å²) in [5, 5.41) is 14.8. The first-order valence-corrected chi connectivity index (χ1v) is 0.548. The first kappa shape index (κ1) is 9.21. The molecule has 0 saturated heterocycles. The van der Waals surface area contributed by atoms with Crippen molar-refractivity contribution < 1.29 is 52.0 Å². The molecule has 0 aliphatic rings. The van der Waals surface area contributed by atoms with Crippen LogP contribution >= 0.6 is 0 Å². The second kappa shape index (κ2) is 4.72. The molecule has 0 aliphatic heterocycles. The van der Waals surface area contributed by atoms with Gasteiger partial charge in [0.25, 0.3) is 0 Å².